The van der Waals surface area contributed by atoms with Crippen LogP contribution in [0, 0.1) is 0 Å². The molecule has 2 aliphatic carbocycles. The SMILES string of the molecule is O=C(CC(=O)NC1CCCCC1)NN=C1CCCCC1. The highest BCUT2D eigenvalue weighted by molar-refractivity contribution is 5.97. The first-order valence-electron chi connectivity index (χ1n) is 7.87. The van der Waals surface area contributed by atoms with Crippen LogP contribution in [0.25, 0.3) is 0 Å². The molecule has 0 saturated heterocycles. The van der Waals surface area contributed by atoms with Gasteiger partial charge in [0.1, 0.15) is 6.42 Å². The topological polar surface area (TPSA) is 70.6 Å². The van der Waals surface area contributed by atoms with E-state index in [2.05, 4.69) is 15.8 Å². The molecule has 0 atom stereocenters. The smallest absolute Gasteiger partial charge is 0.249 e. The second-order valence-electron chi connectivity index (χ2n) is 5.85. The third kappa shape index (κ3) is 5.31. The average Bonchev–Trinajstić information content (AvgIpc) is 2.47. The highest BCUT2D eigenvalue weighted by Gasteiger charge is 2.17. The zero-order valence-electron chi connectivity index (χ0n) is 12.1. The monoisotopic (exact) mass is 279 g/mol. The molecule has 5 heteroatoms. The van der Waals surface area contributed by atoms with Crippen LogP contribution in [-0.2, 0) is 9.59 Å². The highest BCUT2D eigenvalue weighted by Crippen LogP contribution is 2.17. The largest absolute Gasteiger partial charge is 0.353 e. The fraction of sp³-hybridized carbons (Fsp3) is 0.800. The van der Waals surface area contributed by atoms with E-state index in [1.807, 2.05) is 0 Å². The predicted octanol–water partition coefficient (Wildman–Crippen LogP) is 2.26. The third-order valence-corrected chi connectivity index (χ3v) is 4.06. The van der Waals surface area contributed by atoms with Gasteiger partial charge >= 0.3 is 0 Å². The molecule has 0 heterocycles. The Labute approximate surface area is 120 Å². The summed E-state index contributed by atoms with van der Waals surface area (Å²) in [5.41, 5.74) is 3.56. The Morgan fingerprint density at radius 3 is 2.30 bits per heavy atom. The van der Waals surface area contributed by atoms with E-state index in [0.717, 1.165) is 44.2 Å². The number of amides is 2. The van der Waals surface area contributed by atoms with Crippen LogP contribution in [0.1, 0.15) is 70.6 Å². The van der Waals surface area contributed by atoms with E-state index in [1.54, 1.807) is 0 Å². The number of nitrogens with zero attached hydrogens (tertiary/aromatic N) is 1. The van der Waals surface area contributed by atoms with Gasteiger partial charge in [0.05, 0.1) is 0 Å². The van der Waals surface area contributed by atoms with Gasteiger partial charge in [0.15, 0.2) is 0 Å². The maximum Gasteiger partial charge on any atom is 0.249 e. The van der Waals surface area contributed by atoms with Crippen LogP contribution < -0.4 is 10.7 Å². The van der Waals surface area contributed by atoms with Crippen molar-refractivity contribution in [3.05, 3.63) is 0 Å². The standard InChI is InChI=1S/C15H25N3O2/c19-14(16-12-7-3-1-4-8-12)11-15(20)18-17-13-9-5-2-6-10-13/h12H,1-11H2,(H,16,19)(H,18,20). The van der Waals surface area contributed by atoms with Gasteiger partial charge in [0, 0.05) is 11.8 Å². The van der Waals surface area contributed by atoms with Crippen molar-refractivity contribution in [2.45, 2.75) is 76.7 Å². The fourth-order valence-electron chi connectivity index (χ4n) is 2.92. The maximum atomic E-state index is 11.8. The van der Waals surface area contributed by atoms with Crippen LogP contribution in [-0.4, -0.2) is 23.6 Å². The first-order valence-corrected chi connectivity index (χ1v) is 7.87. The molecule has 0 aromatic heterocycles. The Morgan fingerprint density at radius 1 is 0.950 bits per heavy atom. The summed E-state index contributed by atoms with van der Waals surface area (Å²) in [6, 6.07) is 0.258. The number of hydrazone groups is 1. The Bertz CT molecular complexity index is 365. The number of nitrogens with one attached hydrogen (secondary N) is 2. The lowest BCUT2D eigenvalue weighted by Gasteiger charge is -2.22. The van der Waals surface area contributed by atoms with Crippen molar-refractivity contribution >= 4 is 17.5 Å². The number of carbonyl (C=O) groups excluding carboxylic acids is 2. The van der Waals surface area contributed by atoms with Gasteiger partial charge in [0.25, 0.3) is 0 Å². The van der Waals surface area contributed by atoms with Crippen molar-refractivity contribution in [2.75, 3.05) is 0 Å². The second kappa shape index (κ2) is 8.02. The van der Waals surface area contributed by atoms with Gasteiger partial charge in [-0.2, -0.15) is 5.10 Å². The molecule has 2 fully saturated rings. The molecule has 0 unspecified atom stereocenters. The Morgan fingerprint density at radius 2 is 1.60 bits per heavy atom. The van der Waals surface area contributed by atoms with Crippen LogP contribution >= 0.6 is 0 Å². The summed E-state index contributed by atoms with van der Waals surface area (Å²) >= 11 is 0. The average molecular weight is 279 g/mol. The summed E-state index contributed by atoms with van der Waals surface area (Å²) < 4.78 is 0. The molecule has 0 spiro atoms. The molecule has 112 valence electrons. The third-order valence-electron chi connectivity index (χ3n) is 4.06. The molecule has 0 radical (unpaired) electrons. The van der Waals surface area contributed by atoms with E-state index >= 15 is 0 Å². The minimum absolute atomic E-state index is 0.118. The molecule has 5 nitrogen and oxygen atoms in total. The first kappa shape index (κ1) is 15.0. The zero-order chi connectivity index (χ0) is 14.2. The second-order valence-corrected chi connectivity index (χ2v) is 5.85. The van der Waals surface area contributed by atoms with Crippen molar-refractivity contribution in [3.8, 4) is 0 Å². The summed E-state index contributed by atoms with van der Waals surface area (Å²) in [7, 11) is 0. The minimum atomic E-state index is -0.309. The maximum absolute atomic E-state index is 11.8. The van der Waals surface area contributed by atoms with Crippen molar-refractivity contribution in [2.24, 2.45) is 5.10 Å². The molecular weight excluding hydrogens is 254 g/mol. The van der Waals surface area contributed by atoms with Gasteiger partial charge < -0.3 is 5.32 Å². The van der Waals surface area contributed by atoms with Crippen molar-refractivity contribution < 1.29 is 9.59 Å². The van der Waals surface area contributed by atoms with Gasteiger partial charge in [-0.05, 0) is 38.5 Å². The summed E-state index contributed by atoms with van der Waals surface area (Å²) in [5.74, 6) is -0.491. The summed E-state index contributed by atoms with van der Waals surface area (Å²) in [4.78, 5) is 23.4. The van der Waals surface area contributed by atoms with Crippen molar-refractivity contribution in [1.82, 2.24) is 10.7 Å². The Balaban J connectivity index is 1.66. The summed E-state index contributed by atoms with van der Waals surface area (Å²) in [6.07, 6.45) is 11.0. The molecule has 0 bridgehead atoms. The number of hydrogen-bond acceptors (Lipinski definition) is 3. The molecule has 0 aliphatic heterocycles. The summed E-state index contributed by atoms with van der Waals surface area (Å²) in [6.45, 7) is 0. The molecule has 2 rings (SSSR count). The van der Waals surface area contributed by atoms with E-state index < -0.39 is 0 Å². The van der Waals surface area contributed by atoms with Crippen molar-refractivity contribution in [1.29, 1.82) is 0 Å². The molecule has 2 saturated carbocycles. The number of rotatable bonds is 4. The van der Waals surface area contributed by atoms with Gasteiger partial charge in [-0.25, -0.2) is 5.43 Å². The van der Waals surface area contributed by atoms with Gasteiger partial charge in [-0.1, -0.05) is 25.7 Å². The zero-order valence-corrected chi connectivity index (χ0v) is 12.1. The van der Waals surface area contributed by atoms with Crippen LogP contribution in [0.15, 0.2) is 5.10 Å². The van der Waals surface area contributed by atoms with Crippen LogP contribution in [0.3, 0.4) is 0 Å². The molecule has 2 N–H and O–H groups in total. The lowest BCUT2D eigenvalue weighted by atomic mass is 9.95. The molecule has 20 heavy (non-hydrogen) atoms. The van der Waals surface area contributed by atoms with Gasteiger partial charge in [-0.15, -0.1) is 0 Å². The van der Waals surface area contributed by atoms with Crippen molar-refractivity contribution in [3.63, 3.8) is 0 Å². The van der Waals surface area contributed by atoms with E-state index in [-0.39, 0.29) is 24.3 Å². The molecule has 0 aromatic carbocycles. The van der Waals surface area contributed by atoms with E-state index in [0.29, 0.717) is 0 Å². The minimum Gasteiger partial charge on any atom is -0.353 e. The van der Waals surface area contributed by atoms with E-state index in [4.69, 9.17) is 0 Å². The molecule has 2 amide bonds. The summed E-state index contributed by atoms with van der Waals surface area (Å²) in [5, 5.41) is 7.06. The predicted molar refractivity (Wildman–Crippen MR) is 78.3 cm³/mol. The first-order chi connectivity index (χ1) is 9.74. The van der Waals surface area contributed by atoms with Gasteiger partial charge in [-0.3, -0.25) is 9.59 Å². The normalized spacial score (nSPS) is 20.3. The lowest BCUT2D eigenvalue weighted by molar-refractivity contribution is -0.129. The number of carbonyl (C=O) groups is 2. The fourth-order valence-corrected chi connectivity index (χ4v) is 2.92. The molecule has 2 aliphatic rings. The van der Waals surface area contributed by atoms with Crippen LogP contribution in [0.4, 0.5) is 0 Å². The Hall–Kier alpha value is -1.39. The quantitative estimate of drug-likeness (QED) is 0.612. The highest BCUT2D eigenvalue weighted by atomic mass is 16.2. The van der Waals surface area contributed by atoms with Gasteiger partial charge in [0.2, 0.25) is 11.8 Å². The van der Waals surface area contributed by atoms with Crippen LogP contribution in [0.2, 0.25) is 0 Å². The van der Waals surface area contributed by atoms with E-state index in [9.17, 15) is 9.59 Å². The Kier molecular flexibility index (Phi) is 6.02. The van der Waals surface area contributed by atoms with Crippen LogP contribution in [0.5, 0.6) is 0 Å². The van der Waals surface area contributed by atoms with E-state index in [1.165, 1.54) is 25.7 Å². The molecular formula is C15H25N3O2. The lowest BCUT2D eigenvalue weighted by Crippen LogP contribution is -2.38. The number of hydrogen-bond donors (Lipinski definition) is 2. The molecule has 0 aromatic rings.